The van der Waals surface area contributed by atoms with Gasteiger partial charge in [-0.15, -0.1) is 0 Å². The zero-order valence-electron chi connectivity index (χ0n) is 109. The number of aromatic nitrogens is 2. The van der Waals surface area contributed by atoms with Gasteiger partial charge in [0.05, 0.1) is 26.4 Å². The van der Waals surface area contributed by atoms with Gasteiger partial charge in [0.15, 0.2) is 0 Å². The third-order valence-electron chi connectivity index (χ3n) is 20.2. The average molecular weight is 1750 g/mol. The molecule has 6 aliphatic rings. The number of benzene rings is 2. The van der Waals surface area contributed by atoms with E-state index in [1.807, 2.05) is 189 Å². The Labute approximate surface area is 807 Å². The smallest absolute Gasteiger partial charge is 0.0594 e. The number of hydrogen-bond acceptors (Lipinski definition) is 6. The molecule has 5 unspecified atom stereocenters. The van der Waals surface area contributed by atoms with Gasteiger partial charge in [-0.1, -0.05) is 410 Å². The fourth-order valence-electron chi connectivity index (χ4n) is 11.4. The topological polar surface area (TPSA) is 50.7 Å². The van der Waals surface area contributed by atoms with Crippen LogP contribution in [0.2, 0.25) is 0 Å². The summed E-state index contributed by atoms with van der Waals surface area (Å²) in [5, 5.41) is 0. The maximum Gasteiger partial charge on any atom is 0.0594 e. The van der Waals surface area contributed by atoms with Gasteiger partial charge >= 0.3 is 0 Å². The first-order valence-electron chi connectivity index (χ1n) is 58.1. The molecule has 4 saturated carbocycles. The quantitative estimate of drug-likeness (QED) is 0.118. The van der Waals surface area contributed by atoms with Crippen molar-refractivity contribution < 1.29 is 35.5 Å². The molecule has 4 aromatic rings. The Kier molecular flexibility index (Phi) is 45.7. The maximum atomic E-state index is 8.13. The van der Waals surface area contributed by atoms with Gasteiger partial charge in [0, 0.05) is 77.0 Å². The molecule has 2 aromatic heterocycles. The summed E-state index contributed by atoms with van der Waals surface area (Å²) in [6.07, 6.45) is 18.0. The summed E-state index contributed by atoms with van der Waals surface area (Å²) in [6, 6.07) is 27.0. The lowest BCUT2D eigenvalue weighted by atomic mass is 9.80. The molecule has 6 heteroatoms. The van der Waals surface area contributed by atoms with Gasteiger partial charge in [-0.3, -0.25) is 19.8 Å². The minimum Gasteiger partial charge on any atom is -0.379 e. The Hall–Kier alpha value is -3.42. The summed E-state index contributed by atoms with van der Waals surface area (Å²) in [5.41, 5.74) is 3.35. The molecule has 4 heterocycles. The van der Waals surface area contributed by atoms with Crippen molar-refractivity contribution in [1.82, 2.24) is 19.8 Å². The van der Waals surface area contributed by atoms with Crippen LogP contribution in [-0.4, -0.2) is 85.5 Å². The molecule has 124 heavy (non-hydrogen) atoms. The van der Waals surface area contributed by atoms with E-state index in [2.05, 4.69) is 193 Å². The monoisotopic (exact) mass is 1750 g/mol. The highest BCUT2D eigenvalue weighted by Crippen LogP contribution is 2.45. The third-order valence-corrected chi connectivity index (χ3v) is 20.2. The number of morpholine rings is 2. The van der Waals surface area contributed by atoms with E-state index in [9.17, 15) is 0 Å². The number of nitrogens with zero attached hydrogens (tertiary/aromatic N) is 4. The molecule has 5 atom stereocenters. The van der Waals surface area contributed by atoms with Crippen molar-refractivity contribution in [3.05, 3.63) is 132 Å². The first kappa shape index (κ1) is 92.4. The molecule has 2 saturated heterocycles. The van der Waals surface area contributed by atoms with Gasteiger partial charge in [0.1, 0.15) is 0 Å². The van der Waals surface area contributed by atoms with Crippen molar-refractivity contribution in [3.8, 4) is 0 Å². The van der Waals surface area contributed by atoms with E-state index >= 15 is 0 Å². The Bertz CT molecular complexity index is 3850. The molecule has 2 aromatic carbocycles. The van der Waals surface area contributed by atoms with E-state index in [0.29, 0.717) is 18.8 Å². The second-order valence-corrected chi connectivity index (χ2v) is 49.0. The summed E-state index contributed by atoms with van der Waals surface area (Å²) < 4.78 is 158. The van der Waals surface area contributed by atoms with Gasteiger partial charge in [0.25, 0.3) is 0 Å². The van der Waals surface area contributed by atoms with Crippen LogP contribution in [0.5, 0.6) is 0 Å². The number of pyridine rings is 2. The van der Waals surface area contributed by atoms with E-state index in [0.717, 1.165) is 146 Å². The summed E-state index contributed by atoms with van der Waals surface area (Å²) >= 11 is 0. The Balaban J connectivity index is -0.00000149. The largest absolute Gasteiger partial charge is 0.379 e. The maximum absolute atomic E-state index is 8.13. The molecule has 6 nitrogen and oxygen atoms in total. The lowest BCUT2D eigenvalue weighted by Gasteiger charge is -2.27. The van der Waals surface area contributed by atoms with Gasteiger partial charge in [-0.05, 0) is 268 Å². The van der Waals surface area contributed by atoms with Crippen molar-refractivity contribution in [1.29, 1.82) is 0 Å². The third kappa shape index (κ3) is 93.3. The normalized spacial score (nSPS) is 21.2. The van der Waals surface area contributed by atoms with E-state index in [4.69, 9.17) is 35.5 Å². The first-order valence-corrected chi connectivity index (χ1v) is 48.3. The SMILES string of the molecule is [2H]C(C)(C)C(C)(C)C.[2H]C(C)(CC)C(C)(C)C.[2H]C(C1CC1)C(C)(C)C.[2H]C(CCN1CCOCC1)C(C)(C)C.[2H]C(Cc1ccncc1)C(C)(C)C.[2H]C([2H])(C1CC1)C(C)(C)C.[2H]C([2H])(CCN1CCOCC1)C(C)(C)C.[2H]C([2H])(Cc1ccncc1)C(C)(C)C.[2H]C([2H])([2H])C(C)(C)C.[2H]C([2H])(c1ccccc1)C(C)(C)C.[2H]C(c1ccccc1)C(C)(C)C.[2H]C1(C(C)(C)C)CC1.[2H]C1(C(C)(C)C)CCCC1. The first-order chi connectivity index (χ1) is 63.6. The highest BCUT2D eigenvalue weighted by Gasteiger charge is 2.34. The van der Waals surface area contributed by atoms with Crippen molar-refractivity contribution >= 4 is 0 Å². The van der Waals surface area contributed by atoms with Crippen molar-refractivity contribution in [2.24, 2.45) is 106 Å². The molecule has 0 amide bonds. The molecule has 4 aliphatic carbocycles. The van der Waals surface area contributed by atoms with Crippen molar-refractivity contribution in [2.75, 3.05) is 65.7 Å². The van der Waals surface area contributed by atoms with Crippen LogP contribution < -0.4 is 0 Å². The van der Waals surface area contributed by atoms with Crippen LogP contribution in [0.4, 0.5) is 0 Å². The molecule has 2 aliphatic heterocycles. The lowest BCUT2D eigenvalue weighted by molar-refractivity contribution is 0.0361. The standard InChI is InChI=1S/2C11H23NO.2C11H17N.2C11H16.C9H18.2C8H16.C8H18.C7H14.C7H16.C5H12/c2*1-11(2,3)5-4-6-12-7-9-13-10-8-12;2*1-11(2,3)7-4-10-5-8-12-9-6-10;2*1-11(2,3)9-10-7-5-4-6-8-10;1-9(2,3)8-6-4-5-7-8;2*1-8(2,3)6-7-4-5-7;1-6-7(2)8(3,4)5;1-7(2,3)6-4-5-6;1-6(2)7(3,4)5;1-5(2,3)4/h2*4-10H2,1-3H3;2*5-6,8-9H,4,7H2,1-3H3;2*4-8H,9H2,1-3H3;8H,4-7H2,1-3H3;2*7H,4-6H2,1-3H3;7H,6H2,1-5H3;6H,4-5H2,1-3H3;6H,1-5H3;1-4H3/i5D2;5D;7D2;7D;9D2;9D;8D;6D2;6D;7D;2*6D;1D3. The fourth-order valence-corrected chi connectivity index (χ4v) is 11.4. The van der Waals surface area contributed by atoms with E-state index < -0.39 is 37.8 Å². The molecule has 726 valence electrons. The zero-order chi connectivity index (χ0) is 113. The summed E-state index contributed by atoms with van der Waals surface area (Å²) in [5.74, 6) is 0.303. The second kappa shape index (κ2) is 61.3. The van der Waals surface area contributed by atoms with Crippen LogP contribution in [0.1, 0.15) is 475 Å². The predicted octanol–water partition coefficient (Wildman–Crippen LogP) is 36.1. The molecular weight excluding hydrogens is 1510 g/mol. The number of ether oxygens (including phenoxy) is 2. The van der Waals surface area contributed by atoms with Crippen LogP contribution in [-0.2, 0) is 35.1 Å². The van der Waals surface area contributed by atoms with Gasteiger partial charge in [0.2, 0.25) is 0 Å². The number of aryl methyl sites for hydroxylation is 2. The zero-order valence-corrected chi connectivity index (χ0v) is 90.1. The summed E-state index contributed by atoms with van der Waals surface area (Å²) in [4.78, 5) is 12.6. The molecule has 0 bridgehead atoms. The van der Waals surface area contributed by atoms with Crippen LogP contribution >= 0.6 is 0 Å². The molecule has 0 radical (unpaired) electrons. The van der Waals surface area contributed by atoms with Crippen LogP contribution in [0.15, 0.2) is 110 Å². The van der Waals surface area contributed by atoms with Gasteiger partial charge < -0.3 is 9.47 Å². The Morgan fingerprint density at radius 3 is 1.01 bits per heavy atom. The minimum absolute atomic E-state index is 0.0291. The van der Waals surface area contributed by atoms with Crippen LogP contribution in [0, 0.1) is 106 Å². The van der Waals surface area contributed by atoms with Crippen LogP contribution in [0.25, 0.3) is 0 Å². The lowest BCUT2D eigenvalue weighted by Crippen LogP contribution is -2.37. The van der Waals surface area contributed by atoms with E-state index in [1.54, 1.807) is 45.6 Å². The summed E-state index contributed by atoms with van der Waals surface area (Å²) in [6.45, 7) is 94.8. The molecule has 0 N–H and O–H groups in total. The predicted molar refractivity (Wildman–Crippen MR) is 561 cm³/mol. The van der Waals surface area contributed by atoms with Gasteiger partial charge in [-0.25, -0.2) is 0 Å². The Morgan fingerprint density at radius 1 is 0.395 bits per heavy atom. The second-order valence-electron chi connectivity index (χ2n) is 49.0. The number of hydrogen-bond donors (Lipinski definition) is 0. The van der Waals surface area contributed by atoms with Crippen molar-refractivity contribution in [2.45, 2.75) is 452 Å². The molecule has 6 fully saturated rings. The Morgan fingerprint density at radius 2 is 0.758 bits per heavy atom. The van der Waals surface area contributed by atoms with Crippen molar-refractivity contribution in [3.63, 3.8) is 0 Å². The molecular formula is C118H222N4O2. The highest BCUT2D eigenvalue weighted by molar-refractivity contribution is 5.17. The number of rotatable bonds is 15. The van der Waals surface area contributed by atoms with E-state index in [-0.39, 0.29) is 114 Å². The fraction of sp³-hybridized carbons (Fsp3) is 0.814. The van der Waals surface area contributed by atoms with E-state index in [1.165, 1.54) is 31.2 Å². The summed E-state index contributed by atoms with van der Waals surface area (Å²) in [7, 11) is 0. The minimum atomic E-state index is -1.81. The highest BCUT2D eigenvalue weighted by atomic mass is 16.5. The van der Waals surface area contributed by atoms with Crippen LogP contribution in [0.3, 0.4) is 0 Å². The average Bonchev–Trinajstić information content (AvgIpc) is 1.62. The molecule has 10 rings (SSSR count). The van der Waals surface area contributed by atoms with Gasteiger partial charge in [-0.2, -0.15) is 0 Å². The molecule has 0 spiro atoms.